The van der Waals surface area contributed by atoms with Crippen LogP contribution in [0.3, 0.4) is 0 Å². The molecule has 0 aliphatic carbocycles. The van der Waals surface area contributed by atoms with Crippen molar-refractivity contribution < 1.29 is 0 Å². The normalized spacial score (nSPS) is 20.1. The highest BCUT2D eigenvalue weighted by molar-refractivity contribution is 7.98. The lowest BCUT2D eigenvalue weighted by Crippen LogP contribution is -2.31. The predicted octanol–water partition coefficient (Wildman–Crippen LogP) is 1.75. The third-order valence-electron chi connectivity index (χ3n) is 3.33. The van der Waals surface area contributed by atoms with E-state index in [1.807, 2.05) is 19.4 Å². The van der Waals surface area contributed by atoms with Gasteiger partial charge in [-0.05, 0) is 32.7 Å². The fraction of sp³-hybridized carbons (Fsp3) is 0.667. The molecule has 1 aromatic rings. The first kappa shape index (κ1) is 13.4. The molecular formula is C12H21N5S. The average molecular weight is 267 g/mol. The molecule has 1 saturated heterocycles. The summed E-state index contributed by atoms with van der Waals surface area (Å²) in [6, 6.07) is 2.57. The zero-order chi connectivity index (χ0) is 13.0. The van der Waals surface area contributed by atoms with Gasteiger partial charge in [0.1, 0.15) is 11.6 Å². The van der Waals surface area contributed by atoms with Crippen LogP contribution in [0.5, 0.6) is 0 Å². The Morgan fingerprint density at radius 1 is 1.44 bits per heavy atom. The van der Waals surface area contributed by atoms with Crippen molar-refractivity contribution in [1.29, 1.82) is 0 Å². The monoisotopic (exact) mass is 267 g/mol. The van der Waals surface area contributed by atoms with Gasteiger partial charge in [0.25, 0.3) is 0 Å². The number of aromatic nitrogens is 2. The second kappa shape index (κ2) is 6.24. The van der Waals surface area contributed by atoms with Gasteiger partial charge in [0.2, 0.25) is 0 Å². The van der Waals surface area contributed by atoms with Crippen LogP contribution in [-0.2, 0) is 0 Å². The highest BCUT2D eigenvalue weighted by Gasteiger charge is 2.20. The van der Waals surface area contributed by atoms with E-state index < -0.39 is 0 Å². The zero-order valence-electron chi connectivity index (χ0n) is 11.2. The van der Waals surface area contributed by atoms with Crippen molar-refractivity contribution in [3.8, 4) is 0 Å². The molecule has 1 atom stereocenters. The number of nitrogens with zero attached hydrogens (tertiary/aromatic N) is 3. The third-order valence-corrected chi connectivity index (χ3v) is 3.88. The van der Waals surface area contributed by atoms with Crippen LogP contribution in [0.4, 0.5) is 11.6 Å². The Morgan fingerprint density at radius 2 is 2.22 bits per heavy atom. The van der Waals surface area contributed by atoms with Crippen LogP contribution in [0.1, 0.15) is 12.8 Å². The minimum atomic E-state index is 0.621. The van der Waals surface area contributed by atoms with Crippen LogP contribution >= 0.6 is 11.8 Å². The van der Waals surface area contributed by atoms with Crippen LogP contribution in [0.25, 0.3) is 0 Å². The van der Waals surface area contributed by atoms with Gasteiger partial charge in [-0.2, -0.15) is 0 Å². The van der Waals surface area contributed by atoms with E-state index in [1.165, 1.54) is 19.4 Å². The van der Waals surface area contributed by atoms with E-state index in [9.17, 15) is 0 Å². The van der Waals surface area contributed by atoms with Crippen molar-refractivity contribution in [3.63, 3.8) is 0 Å². The fourth-order valence-electron chi connectivity index (χ4n) is 2.19. The van der Waals surface area contributed by atoms with E-state index in [0.29, 0.717) is 6.04 Å². The number of nitrogens with one attached hydrogen (secondary N) is 2. The summed E-state index contributed by atoms with van der Waals surface area (Å²) in [6.45, 7) is 2.15. The molecule has 1 fully saturated rings. The summed E-state index contributed by atoms with van der Waals surface area (Å²) in [7, 11) is 4.06. The minimum Gasteiger partial charge on any atom is -0.373 e. The maximum Gasteiger partial charge on any atom is 0.191 e. The SMILES string of the molecule is CNc1cc(NCC2CCCN2C)nc(SC)n1. The maximum atomic E-state index is 4.47. The van der Waals surface area contributed by atoms with Crippen molar-refractivity contribution in [2.24, 2.45) is 0 Å². The van der Waals surface area contributed by atoms with Gasteiger partial charge in [-0.25, -0.2) is 9.97 Å². The van der Waals surface area contributed by atoms with Crippen molar-refractivity contribution in [1.82, 2.24) is 14.9 Å². The first-order valence-electron chi connectivity index (χ1n) is 6.28. The number of thioether (sulfide) groups is 1. The Bertz CT molecular complexity index is 376. The highest BCUT2D eigenvalue weighted by Crippen LogP contribution is 2.19. The van der Waals surface area contributed by atoms with E-state index in [-0.39, 0.29) is 0 Å². The van der Waals surface area contributed by atoms with Gasteiger partial charge in [0.15, 0.2) is 5.16 Å². The van der Waals surface area contributed by atoms with E-state index >= 15 is 0 Å². The molecule has 0 saturated carbocycles. The molecule has 1 aromatic heterocycles. The minimum absolute atomic E-state index is 0.621. The van der Waals surface area contributed by atoms with Gasteiger partial charge >= 0.3 is 0 Å². The molecule has 1 aliphatic heterocycles. The first-order chi connectivity index (χ1) is 8.72. The molecular weight excluding hydrogens is 246 g/mol. The van der Waals surface area contributed by atoms with Crippen LogP contribution in [0, 0.1) is 0 Å². The summed E-state index contributed by atoms with van der Waals surface area (Å²) >= 11 is 1.56. The Hall–Kier alpha value is -1.01. The lowest BCUT2D eigenvalue weighted by Gasteiger charge is -2.20. The summed E-state index contributed by atoms with van der Waals surface area (Å²) in [5.74, 6) is 1.76. The van der Waals surface area contributed by atoms with Gasteiger partial charge in [0.05, 0.1) is 0 Å². The van der Waals surface area contributed by atoms with Crippen LogP contribution in [0.15, 0.2) is 11.2 Å². The standard InChI is InChI=1S/C12H21N5S/c1-13-10-7-11(16-12(15-10)18-3)14-8-9-5-4-6-17(9)2/h7,9H,4-6,8H2,1-3H3,(H2,13,14,15,16). The number of likely N-dealkylation sites (tertiary alicyclic amines) is 1. The first-order valence-corrected chi connectivity index (χ1v) is 7.50. The van der Waals surface area contributed by atoms with Crippen molar-refractivity contribution >= 4 is 23.4 Å². The van der Waals surface area contributed by atoms with Crippen LogP contribution < -0.4 is 10.6 Å². The fourth-order valence-corrected chi connectivity index (χ4v) is 2.57. The lowest BCUT2D eigenvalue weighted by molar-refractivity contribution is 0.322. The van der Waals surface area contributed by atoms with Crippen LogP contribution in [0.2, 0.25) is 0 Å². The molecule has 0 spiro atoms. The topological polar surface area (TPSA) is 53.1 Å². The van der Waals surface area contributed by atoms with E-state index in [2.05, 4.69) is 32.5 Å². The molecule has 2 heterocycles. The number of rotatable bonds is 5. The van der Waals surface area contributed by atoms with Gasteiger partial charge in [0, 0.05) is 25.7 Å². The van der Waals surface area contributed by atoms with Gasteiger partial charge in [-0.1, -0.05) is 11.8 Å². The summed E-state index contributed by atoms with van der Waals surface area (Å²) in [5.41, 5.74) is 0. The molecule has 0 aromatic carbocycles. The van der Waals surface area contributed by atoms with E-state index in [1.54, 1.807) is 11.8 Å². The van der Waals surface area contributed by atoms with Crippen molar-refractivity contribution in [2.75, 3.05) is 44.1 Å². The molecule has 0 amide bonds. The number of likely N-dealkylation sites (N-methyl/N-ethyl adjacent to an activating group) is 1. The predicted molar refractivity (Wildman–Crippen MR) is 77.5 cm³/mol. The van der Waals surface area contributed by atoms with Crippen LogP contribution in [-0.4, -0.2) is 54.4 Å². The Morgan fingerprint density at radius 3 is 2.83 bits per heavy atom. The molecule has 2 rings (SSSR count). The molecule has 1 aliphatic rings. The summed E-state index contributed by atoms with van der Waals surface area (Å²) < 4.78 is 0. The second-order valence-corrected chi connectivity index (χ2v) is 5.31. The molecule has 6 heteroatoms. The van der Waals surface area contributed by atoms with Gasteiger partial charge in [-0.15, -0.1) is 0 Å². The molecule has 2 N–H and O–H groups in total. The molecule has 0 radical (unpaired) electrons. The van der Waals surface area contributed by atoms with Gasteiger partial charge < -0.3 is 15.5 Å². The summed E-state index contributed by atoms with van der Waals surface area (Å²) in [5, 5.41) is 7.28. The van der Waals surface area contributed by atoms with E-state index in [0.717, 1.165) is 23.3 Å². The zero-order valence-corrected chi connectivity index (χ0v) is 12.0. The average Bonchev–Trinajstić information content (AvgIpc) is 2.81. The quantitative estimate of drug-likeness (QED) is 0.626. The third kappa shape index (κ3) is 3.26. The van der Waals surface area contributed by atoms with Crippen molar-refractivity contribution in [3.05, 3.63) is 6.07 Å². The molecule has 1 unspecified atom stereocenters. The van der Waals surface area contributed by atoms with Gasteiger partial charge in [-0.3, -0.25) is 0 Å². The molecule has 5 nitrogen and oxygen atoms in total. The molecule has 18 heavy (non-hydrogen) atoms. The van der Waals surface area contributed by atoms with E-state index in [4.69, 9.17) is 0 Å². The Labute approximate surface area is 113 Å². The maximum absolute atomic E-state index is 4.47. The highest BCUT2D eigenvalue weighted by atomic mass is 32.2. The number of hydrogen-bond acceptors (Lipinski definition) is 6. The summed E-state index contributed by atoms with van der Waals surface area (Å²) in [4.78, 5) is 11.2. The van der Waals surface area contributed by atoms with Crippen molar-refractivity contribution in [2.45, 2.75) is 24.0 Å². The number of anilines is 2. The molecule has 100 valence electrons. The molecule has 0 bridgehead atoms. The second-order valence-electron chi connectivity index (χ2n) is 4.53. The largest absolute Gasteiger partial charge is 0.373 e. The Kier molecular flexibility index (Phi) is 4.66. The smallest absolute Gasteiger partial charge is 0.191 e. The summed E-state index contributed by atoms with van der Waals surface area (Å²) in [6.07, 6.45) is 4.55. The Balaban J connectivity index is 1.99. The lowest BCUT2D eigenvalue weighted by atomic mass is 10.2. The number of hydrogen-bond donors (Lipinski definition) is 2.